The number of nitrogens with one attached hydrogen (secondary N) is 2. The number of carbonyl (C=O) groups excluding carboxylic acids is 1. The van der Waals surface area contributed by atoms with E-state index in [1.807, 2.05) is 0 Å². The van der Waals surface area contributed by atoms with Crippen molar-refractivity contribution < 1.29 is 18.1 Å². The molecule has 0 bridgehead atoms. The number of nitro groups is 1. The van der Waals surface area contributed by atoms with Crippen molar-refractivity contribution in [2.75, 3.05) is 11.0 Å². The molecule has 0 fully saturated rings. The number of nitro benzene ring substituents is 1. The summed E-state index contributed by atoms with van der Waals surface area (Å²) in [4.78, 5) is 22.3. The molecule has 2 aromatic rings. The lowest BCUT2D eigenvalue weighted by molar-refractivity contribution is -0.384. The van der Waals surface area contributed by atoms with Crippen LogP contribution in [-0.2, 0) is 10.0 Å². The Bertz CT molecular complexity index is 894. The van der Waals surface area contributed by atoms with Crippen LogP contribution in [0.1, 0.15) is 28.9 Å². The van der Waals surface area contributed by atoms with E-state index in [4.69, 9.17) is 0 Å². The van der Waals surface area contributed by atoms with Crippen LogP contribution in [-0.4, -0.2) is 25.5 Å². The molecule has 1 amide bonds. The summed E-state index contributed by atoms with van der Waals surface area (Å²) in [5.41, 5.74) is 1.31. The first-order chi connectivity index (χ1) is 11.7. The highest BCUT2D eigenvalue weighted by Gasteiger charge is 2.14. The Morgan fingerprint density at radius 3 is 2.36 bits per heavy atom. The van der Waals surface area contributed by atoms with Crippen molar-refractivity contribution in [3.05, 3.63) is 69.8 Å². The Kier molecular flexibility index (Phi) is 5.38. The number of rotatable bonds is 6. The van der Waals surface area contributed by atoms with Gasteiger partial charge in [0.25, 0.3) is 11.6 Å². The number of nitrogens with zero attached hydrogens (tertiary/aromatic N) is 1. The Morgan fingerprint density at radius 2 is 1.80 bits per heavy atom. The van der Waals surface area contributed by atoms with Gasteiger partial charge < -0.3 is 5.32 Å². The maximum atomic E-state index is 12.2. The molecule has 2 aromatic carbocycles. The number of sulfonamides is 1. The van der Waals surface area contributed by atoms with Crippen LogP contribution in [0.15, 0.2) is 48.5 Å². The Morgan fingerprint density at radius 1 is 1.16 bits per heavy atom. The average Bonchev–Trinajstić information content (AvgIpc) is 2.53. The summed E-state index contributed by atoms with van der Waals surface area (Å²) in [5, 5.41) is 13.4. The molecule has 0 spiro atoms. The van der Waals surface area contributed by atoms with Crippen LogP contribution in [0.4, 0.5) is 11.4 Å². The molecule has 9 heteroatoms. The van der Waals surface area contributed by atoms with Gasteiger partial charge in [0.15, 0.2) is 0 Å². The van der Waals surface area contributed by atoms with E-state index in [1.165, 1.54) is 24.3 Å². The van der Waals surface area contributed by atoms with Crippen LogP contribution in [0.3, 0.4) is 0 Å². The zero-order chi connectivity index (χ0) is 18.6. The van der Waals surface area contributed by atoms with E-state index in [2.05, 4.69) is 10.0 Å². The largest absolute Gasteiger partial charge is 0.346 e. The molecule has 0 aliphatic carbocycles. The molecule has 0 saturated heterocycles. The maximum absolute atomic E-state index is 12.2. The second kappa shape index (κ2) is 7.31. The summed E-state index contributed by atoms with van der Waals surface area (Å²) in [7, 11) is -3.39. The summed E-state index contributed by atoms with van der Waals surface area (Å²) >= 11 is 0. The minimum atomic E-state index is -3.39. The zero-order valence-corrected chi connectivity index (χ0v) is 14.4. The standard InChI is InChI=1S/C16H17N3O5S/c1-11(13-4-3-5-14(10-13)18-25(2,23)24)17-16(20)12-6-8-15(9-7-12)19(21)22/h3-11,18H,1-2H3,(H,17,20). The van der Waals surface area contributed by atoms with Crippen molar-refractivity contribution in [1.82, 2.24) is 5.32 Å². The number of hydrogen-bond donors (Lipinski definition) is 2. The van der Waals surface area contributed by atoms with Crippen LogP contribution < -0.4 is 10.0 Å². The number of benzene rings is 2. The summed E-state index contributed by atoms with van der Waals surface area (Å²) < 4.78 is 25.0. The number of non-ortho nitro benzene ring substituents is 1. The van der Waals surface area contributed by atoms with Gasteiger partial charge in [0.2, 0.25) is 10.0 Å². The average molecular weight is 363 g/mol. The van der Waals surface area contributed by atoms with Crippen molar-refractivity contribution in [3.8, 4) is 0 Å². The minimum absolute atomic E-state index is 0.0934. The third-order valence-corrected chi connectivity index (χ3v) is 3.98. The highest BCUT2D eigenvalue weighted by atomic mass is 32.2. The van der Waals surface area contributed by atoms with Crippen LogP contribution in [0.25, 0.3) is 0 Å². The van der Waals surface area contributed by atoms with E-state index in [1.54, 1.807) is 31.2 Å². The second-order valence-corrected chi connectivity index (χ2v) is 7.25. The molecule has 2 N–H and O–H groups in total. The smallest absolute Gasteiger partial charge is 0.269 e. The normalized spacial score (nSPS) is 12.2. The Hall–Kier alpha value is -2.94. The molecule has 0 aromatic heterocycles. The van der Waals surface area contributed by atoms with Crippen LogP contribution in [0.5, 0.6) is 0 Å². The van der Waals surface area contributed by atoms with Gasteiger partial charge in [0.05, 0.1) is 17.2 Å². The summed E-state index contributed by atoms with van der Waals surface area (Å²) in [6, 6.07) is 11.6. The van der Waals surface area contributed by atoms with Gasteiger partial charge in [0.1, 0.15) is 0 Å². The van der Waals surface area contributed by atoms with E-state index in [0.29, 0.717) is 16.8 Å². The van der Waals surface area contributed by atoms with E-state index in [9.17, 15) is 23.3 Å². The lowest BCUT2D eigenvalue weighted by atomic mass is 10.1. The van der Waals surface area contributed by atoms with Crippen LogP contribution in [0, 0.1) is 10.1 Å². The van der Waals surface area contributed by atoms with Crippen LogP contribution >= 0.6 is 0 Å². The monoisotopic (exact) mass is 363 g/mol. The molecule has 25 heavy (non-hydrogen) atoms. The molecule has 0 radical (unpaired) electrons. The first-order valence-electron chi connectivity index (χ1n) is 7.29. The molecule has 0 saturated carbocycles. The second-order valence-electron chi connectivity index (χ2n) is 5.50. The van der Waals surface area contributed by atoms with Crippen molar-refractivity contribution >= 4 is 27.3 Å². The fourth-order valence-corrected chi connectivity index (χ4v) is 2.74. The number of amides is 1. The van der Waals surface area contributed by atoms with Crippen molar-refractivity contribution in [2.45, 2.75) is 13.0 Å². The highest BCUT2D eigenvalue weighted by Crippen LogP contribution is 2.19. The predicted molar refractivity (Wildman–Crippen MR) is 93.9 cm³/mol. The van der Waals surface area contributed by atoms with Crippen molar-refractivity contribution in [3.63, 3.8) is 0 Å². The molecule has 0 aliphatic rings. The molecule has 132 valence electrons. The summed E-state index contributed by atoms with van der Waals surface area (Å²) in [6.07, 6.45) is 1.06. The lowest BCUT2D eigenvalue weighted by Crippen LogP contribution is -2.26. The third-order valence-electron chi connectivity index (χ3n) is 3.38. The molecule has 1 atom stereocenters. The first-order valence-corrected chi connectivity index (χ1v) is 9.18. The molecule has 8 nitrogen and oxygen atoms in total. The van der Waals surface area contributed by atoms with Gasteiger partial charge in [-0.2, -0.15) is 0 Å². The summed E-state index contributed by atoms with van der Waals surface area (Å²) in [5.74, 6) is -0.385. The predicted octanol–water partition coefficient (Wildman–Crippen LogP) is 2.46. The quantitative estimate of drug-likeness (QED) is 0.604. The van der Waals surface area contributed by atoms with E-state index >= 15 is 0 Å². The first kappa shape index (κ1) is 18.4. The SMILES string of the molecule is CC(NC(=O)c1ccc([N+](=O)[O-])cc1)c1cccc(NS(C)(=O)=O)c1. The molecule has 1 unspecified atom stereocenters. The van der Waals surface area contributed by atoms with Gasteiger partial charge in [-0.3, -0.25) is 19.6 Å². The molecular formula is C16H17N3O5S. The fourth-order valence-electron chi connectivity index (χ4n) is 2.18. The Labute approximate surface area is 145 Å². The summed E-state index contributed by atoms with van der Waals surface area (Å²) in [6.45, 7) is 1.75. The maximum Gasteiger partial charge on any atom is 0.269 e. The number of anilines is 1. The van der Waals surface area contributed by atoms with E-state index in [-0.39, 0.29) is 17.6 Å². The van der Waals surface area contributed by atoms with Gasteiger partial charge in [-0.05, 0) is 36.8 Å². The molecule has 0 aliphatic heterocycles. The van der Waals surface area contributed by atoms with Gasteiger partial charge in [0, 0.05) is 23.4 Å². The van der Waals surface area contributed by atoms with E-state index < -0.39 is 14.9 Å². The highest BCUT2D eigenvalue weighted by molar-refractivity contribution is 7.92. The van der Waals surface area contributed by atoms with Gasteiger partial charge in [-0.15, -0.1) is 0 Å². The zero-order valence-electron chi connectivity index (χ0n) is 13.6. The van der Waals surface area contributed by atoms with Gasteiger partial charge in [-0.1, -0.05) is 12.1 Å². The molecule has 2 rings (SSSR count). The van der Waals surface area contributed by atoms with E-state index in [0.717, 1.165) is 6.26 Å². The van der Waals surface area contributed by atoms with Crippen molar-refractivity contribution in [1.29, 1.82) is 0 Å². The topological polar surface area (TPSA) is 118 Å². The minimum Gasteiger partial charge on any atom is -0.346 e. The number of carbonyl (C=O) groups is 1. The lowest BCUT2D eigenvalue weighted by Gasteiger charge is -2.15. The van der Waals surface area contributed by atoms with Crippen molar-refractivity contribution in [2.24, 2.45) is 0 Å². The fraction of sp³-hybridized carbons (Fsp3) is 0.188. The van der Waals surface area contributed by atoms with Crippen LogP contribution in [0.2, 0.25) is 0 Å². The molecule has 0 heterocycles. The molecular weight excluding hydrogens is 346 g/mol. The Balaban J connectivity index is 2.10. The number of hydrogen-bond acceptors (Lipinski definition) is 5. The van der Waals surface area contributed by atoms with Gasteiger partial charge >= 0.3 is 0 Å². The van der Waals surface area contributed by atoms with Gasteiger partial charge in [-0.25, -0.2) is 8.42 Å². The third kappa shape index (κ3) is 5.28.